The highest BCUT2D eigenvalue weighted by Gasteiger charge is 2.27. The number of alkyl halides is 3. The van der Waals surface area contributed by atoms with Gasteiger partial charge in [0.15, 0.2) is 5.78 Å². The number of hydrogen-bond acceptors (Lipinski definition) is 4. The number of nitrogens with zero attached hydrogens (tertiary/aromatic N) is 2. The molecule has 0 atom stereocenters. The molecule has 2 rings (SSSR count). The third-order valence-electron chi connectivity index (χ3n) is 2.88. The summed E-state index contributed by atoms with van der Waals surface area (Å²) in [6.45, 7) is 3.70. The molecule has 0 amide bonds. The lowest BCUT2D eigenvalue weighted by Gasteiger charge is -2.09. The number of fused-ring (bicyclic) bond motifs is 1. The summed E-state index contributed by atoms with van der Waals surface area (Å²) >= 11 is 0. The van der Waals surface area contributed by atoms with Crippen molar-refractivity contribution in [2.24, 2.45) is 0 Å². The van der Waals surface area contributed by atoms with Gasteiger partial charge >= 0.3 is 6.18 Å². The zero-order valence-corrected chi connectivity index (χ0v) is 12.4. The molecule has 2 heterocycles. The summed E-state index contributed by atoms with van der Waals surface area (Å²) in [5.41, 5.74) is 1.43. The number of pyridine rings is 1. The van der Waals surface area contributed by atoms with E-state index in [9.17, 15) is 18.0 Å². The number of hydrogen-bond donors (Lipinski definition) is 0. The summed E-state index contributed by atoms with van der Waals surface area (Å²) in [5, 5.41) is 4.05. The largest absolute Gasteiger partial charge is 0.490 e. The zero-order chi connectivity index (χ0) is 17.0. The van der Waals surface area contributed by atoms with Crippen LogP contribution in [0.4, 0.5) is 13.2 Å². The highest BCUT2D eigenvalue weighted by molar-refractivity contribution is 6.12. The molecule has 0 saturated heterocycles. The van der Waals surface area contributed by atoms with Crippen LogP contribution in [0, 0.1) is 0 Å². The fraction of sp³-hybridized carbons (Fsp3) is 0.333. The lowest BCUT2D eigenvalue weighted by atomic mass is 10.1. The molecule has 0 N–H and O–H groups in total. The molecule has 0 bridgehead atoms. The lowest BCUT2D eigenvalue weighted by molar-refractivity contribution is -0.175. The SMILES string of the molecule is C=C(C)C(=O)c1cnn2cc(OCCOCC(F)(F)F)ccc12. The molecule has 2 aromatic heterocycles. The third kappa shape index (κ3) is 4.56. The second-order valence-corrected chi connectivity index (χ2v) is 4.88. The van der Waals surface area contributed by atoms with E-state index in [1.54, 1.807) is 19.1 Å². The monoisotopic (exact) mass is 328 g/mol. The molecule has 8 heteroatoms. The number of ether oxygens (including phenoxy) is 2. The number of Topliss-reactive ketones (excluding diaryl/α,β-unsaturated/α-hetero) is 1. The minimum Gasteiger partial charge on any atom is -0.490 e. The smallest absolute Gasteiger partial charge is 0.411 e. The molecule has 23 heavy (non-hydrogen) atoms. The molecule has 0 fully saturated rings. The van der Waals surface area contributed by atoms with Crippen LogP contribution in [0.15, 0.2) is 36.7 Å². The number of carbonyl (C=O) groups is 1. The van der Waals surface area contributed by atoms with E-state index < -0.39 is 12.8 Å². The van der Waals surface area contributed by atoms with Gasteiger partial charge in [-0.25, -0.2) is 4.52 Å². The van der Waals surface area contributed by atoms with E-state index in [1.807, 2.05) is 0 Å². The average molecular weight is 328 g/mol. The molecule has 5 nitrogen and oxygen atoms in total. The van der Waals surface area contributed by atoms with Gasteiger partial charge in [-0.3, -0.25) is 4.79 Å². The second-order valence-electron chi connectivity index (χ2n) is 4.88. The van der Waals surface area contributed by atoms with Crippen LogP contribution in [-0.4, -0.2) is 41.4 Å². The van der Waals surface area contributed by atoms with E-state index in [0.29, 0.717) is 22.4 Å². The van der Waals surface area contributed by atoms with Crippen molar-refractivity contribution in [3.05, 3.63) is 42.2 Å². The van der Waals surface area contributed by atoms with Gasteiger partial charge in [0.25, 0.3) is 0 Å². The van der Waals surface area contributed by atoms with Gasteiger partial charge in [0.05, 0.1) is 30.1 Å². The van der Waals surface area contributed by atoms with Gasteiger partial charge in [0.2, 0.25) is 0 Å². The van der Waals surface area contributed by atoms with Gasteiger partial charge in [0.1, 0.15) is 19.0 Å². The summed E-state index contributed by atoms with van der Waals surface area (Å²) in [6.07, 6.45) is -1.38. The van der Waals surface area contributed by atoms with E-state index in [0.717, 1.165) is 0 Å². The second kappa shape index (κ2) is 6.82. The molecule has 0 radical (unpaired) electrons. The number of halogens is 3. The van der Waals surface area contributed by atoms with Crippen LogP contribution >= 0.6 is 0 Å². The van der Waals surface area contributed by atoms with Crippen LogP contribution in [0.25, 0.3) is 5.52 Å². The van der Waals surface area contributed by atoms with Crippen molar-refractivity contribution in [3.8, 4) is 5.75 Å². The number of allylic oxidation sites excluding steroid dienone is 1. The van der Waals surface area contributed by atoms with Gasteiger partial charge < -0.3 is 9.47 Å². The van der Waals surface area contributed by atoms with Crippen molar-refractivity contribution >= 4 is 11.3 Å². The quantitative estimate of drug-likeness (QED) is 0.445. The molecular formula is C15H15F3N2O3. The molecule has 124 valence electrons. The minimum absolute atomic E-state index is 0.0274. The normalized spacial score (nSPS) is 11.7. The molecule has 2 aromatic rings. The van der Waals surface area contributed by atoms with Crippen molar-refractivity contribution in [2.45, 2.75) is 13.1 Å². The van der Waals surface area contributed by atoms with Crippen molar-refractivity contribution in [2.75, 3.05) is 19.8 Å². The Labute approximate surface area is 130 Å². The van der Waals surface area contributed by atoms with Crippen LogP contribution < -0.4 is 4.74 Å². The summed E-state index contributed by atoms with van der Waals surface area (Å²) in [7, 11) is 0. The fourth-order valence-corrected chi connectivity index (χ4v) is 1.86. The van der Waals surface area contributed by atoms with Crippen LogP contribution in [-0.2, 0) is 4.74 Å². The van der Waals surface area contributed by atoms with Gasteiger partial charge in [-0.15, -0.1) is 0 Å². The van der Waals surface area contributed by atoms with Gasteiger partial charge in [-0.1, -0.05) is 6.58 Å². The lowest BCUT2D eigenvalue weighted by Crippen LogP contribution is -2.19. The third-order valence-corrected chi connectivity index (χ3v) is 2.88. The number of carbonyl (C=O) groups excluding carboxylic acids is 1. The molecule has 0 spiro atoms. The molecule has 0 aliphatic rings. The van der Waals surface area contributed by atoms with E-state index >= 15 is 0 Å². The van der Waals surface area contributed by atoms with Crippen molar-refractivity contribution in [1.29, 1.82) is 0 Å². The topological polar surface area (TPSA) is 52.8 Å². The maximum Gasteiger partial charge on any atom is 0.411 e. The average Bonchev–Trinajstić information content (AvgIpc) is 2.87. The zero-order valence-electron chi connectivity index (χ0n) is 12.4. The van der Waals surface area contributed by atoms with Crippen molar-refractivity contribution in [1.82, 2.24) is 9.61 Å². The first-order valence-corrected chi connectivity index (χ1v) is 6.73. The van der Waals surface area contributed by atoms with Gasteiger partial charge in [-0.2, -0.15) is 18.3 Å². The predicted molar refractivity (Wildman–Crippen MR) is 76.7 cm³/mol. The molecule has 0 aromatic carbocycles. The Bertz CT molecular complexity index is 722. The maximum atomic E-state index is 11.9. The fourth-order valence-electron chi connectivity index (χ4n) is 1.86. The van der Waals surface area contributed by atoms with E-state index in [2.05, 4.69) is 16.4 Å². The number of aromatic nitrogens is 2. The summed E-state index contributed by atoms with van der Waals surface area (Å²) < 4.78 is 46.9. The molecular weight excluding hydrogens is 313 g/mol. The standard InChI is InChI=1S/C15H15F3N2O3/c1-10(2)14(21)12-7-19-20-8-11(3-4-13(12)20)23-6-5-22-9-15(16,17)18/h3-4,7-8H,1,5-6,9H2,2H3. The first-order chi connectivity index (χ1) is 10.8. The molecule has 0 aliphatic heterocycles. The van der Waals surface area contributed by atoms with Crippen LogP contribution in [0.5, 0.6) is 5.75 Å². The van der Waals surface area contributed by atoms with Gasteiger partial charge in [-0.05, 0) is 24.6 Å². The minimum atomic E-state index is -4.35. The highest BCUT2D eigenvalue weighted by Crippen LogP contribution is 2.19. The Morgan fingerprint density at radius 1 is 1.35 bits per heavy atom. The summed E-state index contributed by atoms with van der Waals surface area (Å²) in [6, 6.07) is 3.26. The number of rotatable bonds is 7. The highest BCUT2D eigenvalue weighted by atomic mass is 19.4. The van der Waals surface area contributed by atoms with Crippen molar-refractivity contribution < 1.29 is 27.4 Å². The van der Waals surface area contributed by atoms with Crippen molar-refractivity contribution in [3.63, 3.8) is 0 Å². The Morgan fingerprint density at radius 2 is 2.09 bits per heavy atom. The van der Waals surface area contributed by atoms with Crippen LogP contribution in [0.3, 0.4) is 0 Å². The Morgan fingerprint density at radius 3 is 2.74 bits per heavy atom. The van der Waals surface area contributed by atoms with Crippen LogP contribution in [0.1, 0.15) is 17.3 Å². The Kier molecular flexibility index (Phi) is 5.05. The molecule has 0 saturated carbocycles. The Balaban J connectivity index is 1.96. The van der Waals surface area contributed by atoms with E-state index in [4.69, 9.17) is 4.74 Å². The summed E-state index contributed by atoms with van der Waals surface area (Å²) in [4.78, 5) is 11.9. The maximum absolute atomic E-state index is 11.9. The van der Waals surface area contributed by atoms with E-state index in [-0.39, 0.29) is 19.0 Å². The van der Waals surface area contributed by atoms with E-state index in [1.165, 1.54) is 16.9 Å². The van der Waals surface area contributed by atoms with Crippen LogP contribution in [0.2, 0.25) is 0 Å². The first-order valence-electron chi connectivity index (χ1n) is 6.73. The molecule has 0 aliphatic carbocycles. The van der Waals surface area contributed by atoms with Gasteiger partial charge in [0, 0.05) is 0 Å². The Hall–Kier alpha value is -2.35. The number of ketones is 1. The molecule has 0 unspecified atom stereocenters. The first kappa shape index (κ1) is 17.0. The summed E-state index contributed by atoms with van der Waals surface area (Å²) in [5.74, 6) is 0.208. The predicted octanol–water partition coefficient (Wildman–Crippen LogP) is 3.05.